The van der Waals surface area contributed by atoms with Crippen LogP contribution in [0.15, 0.2) is 27.7 Å². The molecule has 0 bridgehead atoms. The van der Waals surface area contributed by atoms with Gasteiger partial charge in [0.25, 0.3) is 0 Å². The fraction of sp³-hybridized carbons (Fsp3) is 0.111. The summed E-state index contributed by atoms with van der Waals surface area (Å²) >= 11 is 3.20. The monoisotopic (exact) mass is 256 g/mol. The predicted octanol–water partition coefficient (Wildman–Crippen LogP) is 1.03. The van der Waals surface area contributed by atoms with E-state index in [1.807, 2.05) is 0 Å². The molecular formula is C9H7BrNO3-. The van der Waals surface area contributed by atoms with Gasteiger partial charge < -0.3 is 10.2 Å². The Hall–Kier alpha value is -1.36. The molecule has 0 aromatic heterocycles. The summed E-state index contributed by atoms with van der Waals surface area (Å²) in [5.74, 6) is -1.20. The molecule has 0 saturated carbocycles. The zero-order chi connectivity index (χ0) is 10.6. The van der Waals surface area contributed by atoms with E-state index in [4.69, 9.17) is 5.11 Å². The number of hydrogen-bond donors (Lipinski definition) is 1. The molecule has 0 fully saturated rings. The summed E-state index contributed by atoms with van der Waals surface area (Å²) in [6.07, 6.45) is 1.27. The van der Waals surface area contributed by atoms with Gasteiger partial charge in [-0.1, -0.05) is 27.7 Å². The zero-order valence-corrected chi connectivity index (χ0v) is 8.69. The van der Waals surface area contributed by atoms with Gasteiger partial charge >= 0.3 is 5.97 Å². The third-order valence-corrected chi connectivity index (χ3v) is 1.92. The molecule has 0 aliphatic carbocycles. The maximum absolute atomic E-state index is 11.2. The largest absolute Gasteiger partial charge is 0.872 e. The Morgan fingerprint density at radius 1 is 1.64 bits per heavy atom. The lowest BCUT2D eigenvalue weighted by atomic mass is 10.2. The van der Waals surface area contributed by atoms with Crippen molar-refractivity contribution in [3.63, 3.8) is 0 Å². The van der Waals surface area contributed by atoms with Crippen LogP contribution < -0.4 is 5.11 Å². The first-order valence-electron chi connectivity index (χ1n) is 3.78. The number of aliphatic carboxylic acids is 1. The van der Waals surface area contributed by atoms with Crippen molar-refractivity contribution in [1.29, 1.82) is 0 Å². The van der Waals surface area contributed by atoms with Gasteiger partial charge in [0.15, 0.2) is 0 Å². The number of nitrogens with zero attached hydrogens (tertiary/aromatic N) is 1. The summed E-state index contributed by atoms with van der Waals surface area (Å²) in [4.78, 5) is 13.7. The molecule has 0 unspecified atom stereocenters. The van der Waals surface area contributed by atoms with Crippen LogP contribution in [0.1, 0.15) is 5.56 Å². The molecule has 0 aliphatic rings. The van der Waals surface area contributed by atoms with E-state index in [1.165, 1.54) is 12.3 Å². The van der Waals surface area contributed by atoms with Gasteiger partial charge in [-0.3, -0.25) is 9.79 Å². The molecule has 0 amide bonds. The van der Waals surface area contributed by atoms with Gasteiger partial charge in [-0.05, 0) is 17.7 Å². The maximum Gasteiger partial charge on any atom is 0.325 e. The van der Waals surface area contributed by atoms with E-state index < -0.39 is 5.97 Å². The smallest absolute Gasteiger partial charge is 0.325 e. The standard InChI is InChI=1S/C9H8BrNO3/c10-7-1-2-8(12)6(3-7)4-11-5-9(13)14/h1-4,12H,5H2,(H,13,14)/p-1. The summed E-state index contributed by atoms with van der Waals surface area (Å²) < 4.78 is 0.758. The Balaban J connectivity index is 2.80. The van der Waals surface area contributed by atoms with E-state index in [2.05, 4.69) is 20.9 Å². The van der Waals surface area contributed by atoms with Gasteiger partial charge in [-0.25, -0.2) is 0 Å². The Labute approximate surface area is 89.0 Å². The molecular weight excluding hydrogens is 250 g/mol. The van der Waals surface area contributed by atoms with Gasteiger partial charge in [0.2, 0.25) is 0 Å². The van der Waals surface area contributed by atoms with Gasteiger partial charge in [0.05, 0.1) is 0 Å². The van der Waals surface area contributed by atoms with Gasteiger partial charge in [-0.2, -0.15) is 0 Å². The van der Waals surface area contributed by atoms with Gasteiger partial charge in [0.1, 0.15) is 6.54 Å². The van der Waals surface area contributed by atoms with Crippen molar-refractivity contribution < 1.29 is 15.0 Å². The zero-order valence-electron chi connectivity index (χ0n) is 7.11. The molecule has 0 atom stereocenters. The van der Waals surface area contributed by atoms with Gasteiger partial charge in [-0.15, -0.1) is 0 Å². The topological polar surface area (TPSA) is 72.7 Å². The third kappa shape index (κ3) is 3.18. The van der Waals surface area contributed by atoms with Crippen molar-refractivity contribution in [2.75, 3.05) is 6.54 Å². The summed E-state index contributed by atoms with van der Waals surface area (Å²) in [7, 11) is 0. The second-order valence-corrected chi connectivity index (χ2v) is 3.46. The van der Waals surface area contributed by atoms with Crippen molar-refractivity contribution in [1.82, 2.24) is 0 Å². The Bertz CT molecular complexity index is 376. The number of rotatable bonds is 3. The third-order valence-electron chi connectivity index (χ3n) is 1.43. The van der Waals surface area contributed by atoms with E-state index in [0.717, 1.165) is 4.47 Å². The van der Waals surface area contributed by atoms with E-state index in [1.54, 1.807) is 12.1 Å². The molecule has 0 aliphatic heterocycles. The average molecular weight is 257 g/mol. The fourth-order valence-electron chi connectivity index (χ4n) is 0.842. The predicted molar refractivity (Wildman–Crippen MR) is 53.7 cm³/mol. The van der Waals surface area contributed by atoms with Crippen LogP contribution >= 0.6 is 15.9 Å². The molecule has 1 aromatic rings. The van der Waals surface area contributed by atoms with Crippen LogP contribution in [0.25, 0.3) is 0 Å². The number of carboxylic acid groups (broad SMARTS) is 1. The van der Waals surface area contributed by atoms with E-state index in [9.17, 15) is 9.90 Å². The molecule has 1 N–H and O–H groups in total. The summed E-state index contributed by atoms with van der Waals surface area (Å²) in [6, 6.07) is 4.61. The van der Waals surface area contributed by atoms with E-state index >= 15 is 0 Å². The molecule has 0 saturated heterocycles. The molecule has 5 heteroatoms. The highest BCUT2D eigenvalue weighted by molar-refractivity contribution is 9.10. The molecule has 1 aromatic carbocycles. The second kappa shape index (κ2) is 4.76. The minimum atomic E-state index is -1.02. The summed E-state index contributed by atoms with van der Waals surface area (Å²) in [6.45, 7) is -0.327. The van der Waals surface area contributed by atoms with Crippen LogP contribution in [0.4, 0.5) is 0 Å². The molecule has 4 nitrogen and oxygen atoms in total. The fourth-order valence-corrected chi connectivity index (χ4v) is 1.22. The normalized spacial score (nSPS) is 10.6. The first-order chi connectivity index (χ1) is 6.59. The highest BCUT2D eigenvalue weighted by atomic mass is 79.9. The number of benzene rings is 1. The lowest BCUT2D eigenvalue weighted by Gasteiger charge is -2.08. The minimum Gasteiger partial charge on any atom is -0.872 e. The summed E-state index contributed by atoms with van der Waals surface area (Å²) in [5.41, 5.74) is 0.376. The number of aliphatic imine (C=N–C) groups is 1. The highest BCUT2D eigenvalue weighted by Crippen LogP contribution is 2.17. The van der Waals surface area contributed by atoms with Crippen molar-refractivity contribution in [3.05, 3.63) is 28.2 Å². The minimum absolute atomic E-state index is 0.178. The van der Waals surface area contributed by atoms with Crippen LogP contribution in [-0.4, -0.2) is 23.8 Å². The Morgan fingerprint density at radius 2 is 2.36 bits per heavy atom. The maximum atomic E-state index is 11.2. The van der Waals surface area contributed by atoms with Crippen molar-refractivity contribution in [2.24, 2.45) is 4.99 Å². The first kappa shape index (κ1) is 10.7. The lowest BCUT2D eigenvalue weighted by Crippen LogP contribution is -2.01. The number of carboxylic acids is 1. The first-order valence-corrected chi connectivity index (χ1v) is 4.57. The molecule has 0 spiro atoms. The molecule has 14 heavy (non-hydrogen) atoms. The number of hydrogen-bond acceptors (Lipinski definition) is 3. The molecule has 1 rings (SSSR count). The Kier molecular flexibility index (Phi) is 3.64. The highest BCUT2D eigenvalue weighted by Gasteiger charge is 1.93. The quantitative estimate of drug-likeness (QED) is 0.822. The SMILES string of the molecule is O=C(O)CN=Cc1cc(Br)ccc1[O-]. The lowest BCUT2D eigenvalue weighted by molar-refractivity contribution is -0.268. The van der Waals surface area contributed by atoms with Crippen LogP contribution in [0, 0.1) is 0 Å². The van der Waals surface area contributed by atoms with Crippen LogP contribution in [0.2, 0.25) is 0 Å². The number of carbonyl (C=O) groups is 1. The van der Waals surface area contributed by atoms with Crippen molar-refractivity contribution in [3.8, 4) is 5.75 Å². The van der Waals surface area contributed by atoms with Crippen LogP contribution in [0.5, 0.6) is 5.75 Å². The van der Waals surface area contributed by atoms with E-state index in [-0.39, 0.29) is 12.3 Å². The average Bonchev–Trinajstić information content (AvgIpc) is 2.10. The molecule has 74 valence electrons. The van der Waals surface area contributed by atoms with Crippen LogP contribution in [-0.2, 0) is 4.79 Å². The van der Waals surface area contributed by atoms with Crippen molar-refractivity contribution >= 4 is 28.1 Å². The second-order valence-electron chi connectivity index (χ2n) is 2.55. The van der Waals surface area contributed by atoms with E-state index in [0.29, 0.717) is 5.56 Å². The Morgan fingerprint density at radius 3 is 3.00 bits per heavy atom. The number of halogens is 1. The van der Waals surface area contributed by atoms with Crippen molar-refractivity contribution in [2.45, 2.75) is 0 Å². The molecule has 0 radical (unpaired) electrons. The van der Waals surface area contributed by atoms with Gasteiger partial charge in [0, 0.05) is 10.7 Å². The molecule has 0 heterocycles. The van der Waals surface area contributed by atoms with Crippen LogP contribution in [0.3, 0.4) is 0 Å². The summed E-state index contributed by atoms with van der Waals surface area (Å²) in [5, 5.41) is 19.5.